The molecule has 20 heavy (non-hydrogen) atoms. The summed E-state index contributed by atoms with van der Waals surface area (Å²) in [5, 5.41) is 9.29. The third-order valence-electron chi connectivity index (χ3n) is 2.87. The van der Waals surface area contributed by atoms with Gasteiger partial charge >= 0.3 is 0 Å². The minimum absolute atomic E-state index is 0.578. The van der Waals surface area contributed by atoms with Gasteiger partial charge in [-0.25, -0.2) is 0 Å². The SMILES string of the molecule is COc1ccccc1/C(C#N)=C\C=C\c1ccccc1. The lowest BCUT2D eigenvalue weighted by molar-refractivity contribution is 0.413. The van der Waals surface area contributed by atoms with Crippen LogP contribution < -0.4 is 4.74 Å². The molecule has 0 unspecified atom stereocenters. The van der Waals surface area contributed by atoms with E-state index in [0.717, 1.165) is 11.1 Å². The van der Waals surface area contributed by atoms with Gasteiger partial charge in [0.05, 0.1) is 18.8 Å². The number of allylic oxidation sites excluding steroid dienone is 3. The van der Waals surface area contributed by atoms with Gasteiger partial charge in [0.1, 0.15) is 5.75 Å². The van der Waals surface area contributed by atoms with Gasteiger partial charge in [-0.15, -0.1) is 0 Å². The van der Waals surface area contributed by atoms with Crippen molar-refractivity contribution in [1.29, 1.82) is 5.26 Å². The zero-order chi connectivity index (χ0) is 14.2. The number of methoxy groups -OCH3 is 1. The topological polar surface area (TPSA) is 33.0 Å². The number of benzene rings is 2. The van der Waals surface area contributed by atoms with Crippen LogP contribution in [0.5, 0.6) is 5.75 Å². The van der Waals surface area contributed by atoms with E-state index >= 15 is 0 Å². The average molecular weight is 261 g/mol. The zero-order valence-electron chi connectivity index (χ0n) is 11.3. The monoisotopic (exact) mass is 261 g/mol. The Morgan fingerprint density at radius 2 is 1.75 bits per heavy atom. The fraction of sp³-hybridized carbons (Fsp3) is 0.0556. The zero-order valence-corrected chi connectivity index (χ0v) is 11.3. The lowest BCUT2D eigenvalue weighted by Crippen LogP contribution is -1.89. The molecule has 0 bridgehead atoms. The molecule has 2 nitrogen and oxygen atoms in total. The molecule has 98 valence electrons. The van der Waals surface area contributed by atoms with Crippen molar-refractivity contribution >= 4 is 11.6 Å². The second-order valence-electron chi connectivity index (χ2n) is 4.16. The maximum atomic E-state index is 9.29. The number of para-hydroxylation sites is 1. The summed E-state index contributed by atoms with van der Waals surface area (Å²) in [4.78, 5) is 0. The highest BCUT2D eigenvalue weighted by molar-refractivity contribution is 5.81. The van der Waals surface area contributed by atoms with Crippen LogP contribution in [-0.2, 0) is 0 Å². The predicted octanol–water partition coefficient (Wildman–Crippen LogP) is 4.32. The Labute approximate surface area is 119 Å². The molecule has 0 aliphatic carbocycles. The van der Waals surface area contributed by atoms with Crippen LogP contribution in [0.4, 0.5) is 0 Å². The number of hydrogen-bond donors (Lipinski definition) is 0. The Balaban J connectivity index is 2.27. The van der Waals surface area contributed by atoms with Crippen molar-refractivity contribution in [2.75, 3.05) is 7.11 Å². The summed E-state index contributed by atoms with van der Waals surface area (Å²) in [6.07, 6.45) is 5.64. The van der Waals surface area contributed by atoms with E-state index in [1.54, 1.807) is 13.2 Å². The van der Waals surface area contributed by atoms with Crippen LogP contribution in [0.2, 0.25) is 0 Å². The highest BCUT2D eigenvalue weighted by Crippen LogP contribution is 2.25. The van der Waals surface area contributed by atoms with Gasteiger partial charge in [0.15, 0.2) is 0 Å². The molecule has 0 heterocycles. The smallest absolute Gasteiger partial charge is 0.127 e. The van der Waals surface area contributed by atoms with Crippen molar-refractivity contribution < 1.29 is 4.74 Å². The summed E-state index contributed by atoms with van der Waals surface area (Å²) >= 11 is 0. The van der Waals surface area contributed by atoms with Crippen molar-refractivity contribution in [3.05, 3.63) is 77.9 Å². The van der Waals surface area contributed by atoms with Gasteiger partial charge in [-0.2, -0.15) is 5.26 Å². The maximum absolute atomic E-state index is 9.29. The van der Waals surface area contributed by atoms with Crippen molar-refractivity contribution in [1.82, 2.24) is 0 Å². The Morgan fingerprint density at radius 3 is 2.45 bits per heavy atom. The fourth-order valence-electron chi connectivity index (χ4n) is 1.87. The summed E-state index contributed by atoms with van der Waals surface area (Å²) in [7, 11) is 1.60. The van der Waals surface area contributed by atoms with Gasteiger partial charge < -0.3 is 4.74 Å². The summed E-state index contributed by atoms with van der Waals surface area (Å²) in [6.45, 7) is 0. The molecule has 2 rings (SSSR count). The molecule has 2 heteroatoms. The molecule has 0 radical (unpaired) electrons. The number of rotatable bonds is 4. The minimum Gasteiger partial charge on any atom is -0.496 e. The fourth-order valence-corrected chi connectivity index (χ4v) is 1.87. The standard InChI is InChI=1S/C18H15NO/c1-20-18-13-6-5-12-17(18)16(14-19)11-7-10-15-8-3-2-4-9-15/h2-13H,1H3/b10-7+,16-11-. The van der Waals surface area contributed by atoms with E-state index < -0.39 is 0 Å². The first-order valence-corrected chi connectivity index (χ1v) is 6.32. The van der Waals surface area contributed by atoms with E-state index in [9.17, 15) is 5.26 Å². The van der Waals surface area contributed by atoms with Gasteiger partial charge in [0, 0.05) is 5.56 Å². The van der Waals surface area contributed by atoms with Crippen LogP contribution in [-0.4, -0.2) is 7.11 Å². The quantitative estimate of drug-likeness (QED) is 0.606. The Kier molecular flexibility index (Phi) is 4.75. The van der Waals surface area contributed by atoms with E-state index in [4.69, 9.17) is 4.74 Å². The second kappa shape index (κ2) is 6.96. The van der Waals surface area contributed by atoms with E-state index in [2.05, 4.69) is 6.07 Å². The highest BCUT2D eigenvalue weighted by Gasteiger charge is 2.05. The summed E-state index contributed by atoms with van der Waals surface area (Å²) in [5.74, 6) is 0.702. The third kappa shape index (κ3) is 3.37. The van der Waals surface area contributed by atoms with E-state index in [1.807, 2.05) is 66.7 Å². The van der Waals surface area contributed by atoms with E-state index in [0.29, 0.717) is 11.3 Å². The Hall–Kier alpha value is -2.79. The van der Waals surface area contributed by atoms with Gasteiger partial charge in [-0.1, -0.05) is 54.6 Å². The molecule has 0 saturated heterocycles. The van der Waals surface area contributed by atoms with Gasteiger partial charge in [-0.05, 0) is 23.8 Å². The van der Waals surface area contributed by atoms with Crippen molar-refractivity contribution in [2.45, 2.75) is 0 Å². The lowest BCUT2D eigenvalue weighted by Gasteiger charge is -2.05. The molecule has 0 saturated carbocycles. The first-order chi connectivity index (χ1) is 9.85. The minimum atomic E-state index is 0.578. The van der Waals surface area contributed by atoms with Crippen LogP contribution in [0.1, 0.15) is 11.1 Å². The van der Waals surface area contributed by atoms with Crippen molar-refractivity contribution in [2.24, 2.45) is 0 Å². The second-order valence-corrected chi connectivity index (χ2v) is 4.16. The lowest BCUT2D eigenvalue weighted by atomic mass is 10.1. The Morgan fingerprint density at radius 1 is 1.05 bits per heavy atom. The average Bonchev–Trinajstić information content (AvgIpc) is 2.53. The molecule has 0 aromatic heterocycles. The number of nitriles is 1. The van der Waals surface area contributed by atoms with Crippen LogP contribution in [0.15, 0.2) is 66.7 Å². The molecule has 0 spiro atoms. The molecular formula is C18H15NO. The molecule has 0 amide bonds. The molecular weight excluding hydrogens is 246 g/mol. The molecule has 0 aliphatic rings. The summed E-state index contributed by atoms with van der Waals surface area (Å²) in [5.41, 5.74) is 2.48. The van der Waals surface area contributed by atoms with Crippen molar-refractivity contribution in [3.63, 3.8) is 0 Å². The third-order valence-corrected chi connectivity index (χ3v) is 2.87. The van der Waals surface area contributed by atoms with E-state index in [-0.39, 0.29) is 0 Å². The molecule has 0 fully saturated rings. The molecule has 0 aliphatic heterocycles. The van der Waals surface area contributed by atoms with Crippen LogP contribution in [0, 0.1) is 11.3 Å². The summed E-state index contributed by atoms with van der Waals surface area (Å²) in [6, 6.07) is 19.7. The largest absolute Gasteiger partial charge is 0.496 e. The van der Waals surface area contributed by atoms with Gasteiger partial charge in [0.2, 0.25) is 0 Å². The summed E-state index contributed by atoms with van der Waals surface area (Å²) < 4.78 is 5.28. The maximum Gasteiger partial charge on any atom is 0.127 e. The number of nitrogens with zero attached hydrogens (tertiary/aromatic N) is 1. The van der Waals surface area contributed by atoms with Crippen LogP contribution >= 0.6 is 0 Å². The molecule has 0 atom stereocenters. The number of ether oxygens (including phenoxy) is 1. The number of hydrogen-bond acceptors (Lipinski definition) is 2. The highest BCUT2D eigenvalue weighted by atomic mass is 16.5. The first-order valence-electron chi connectivity index (χ1n) is 6.32. The van der Waals surface area contributed by atoms with Gasteiger partial charge in [0.25, 0.3) is 0 Å². The first kappa shape index (κ1) is 13.6. The normalized spacial score (nSPS) is 11.3. The van der Waals surface area contributed by atoms with E-state index in [1.165, 1.54) is 0 Å². The predicted molar refractivity (Wildman–Crippen MR) is 82.1 cm³/mol. The van der Waals surface area contributed by atoms with Crippen molar-refractivity contribution in [3.8, 4) is 11.8 Å². The molecule has 2 aromatic carbocycles. The van der Waals surface area contributed by atoms with Crippen LogP contribution in [0.3, 0.4) is 0 Å². The Bertz CT molecular complexity index is 663. The molecule has 0 N–H and O–H groups in total. The van der Waals surface area contributed by atoms with Gasteiger partial charge in [-0.3, -0.25) is 0 Å². The van der Waals surface area contributed by atoms with Crippen LogP contribution in [0.25, 0.3) is 11.6 Å². The molecule has 2 aromatic rings.